The molecule has 162 valence electrons. The number of halogens is 4. The number of sulfonamides is 1. The SMILES string of the molecule is Cc1ccc(S(=O)(=O)N(CC(=O)Nc2ccc(F)c(Cl)c2)c2cc(Cl)ccc2Cl)cc1. The van der Waals surface area contributed by atoms with Gasteiger partial charge in [-0.05, 0) is 55.5 Å². The van der Waals surface area contributed by atoms with E-state index in [0.717, 1.165) is 15.9 Å². The monoisotopic (exact) mass is 500 g/mol. The zero-order valence-electron chi connectivity index (χ0n) is 16.1. The van der Waals surface area contributed by atoms with Crippen LogP contribution in [0.4, 0.5) is 15.8 Å². The summed E-state index contributed by atoms with van der Waals surface area (Å²) in [6.45, 7) is 1.22. The first-order chi connectivity index (χ1) is 14.6. The Labute approximate surface area is 194 Å². The molecule has 3 aromatic carbocycles. The lowest BCUT2D eigenvalue weighted by Gasteiger charge is -2.25. The molecule has 0 aliphatic rings. The topological polar surface area (TPSA) is 66.5 Å². The average Bonchev–Trinajstić information content (AvgIpc) is 2.71. The number of nitrogens with one attached hydrogen (secondary N) is 1. The van der Waals surface area contributed by atoms with Crippen LogP contribution in [0.5, 0.6) is 0 Å². The summed E-state index contributed by atoms with van der Waals surface area (Å²) in [5, 5.41) is 2.66. The molecule has 0 aromatic heterocycles. The molecule has 0 bridgehead atoms. The van der Waals surface area contributed by atoms with Gasteiger partial charge in [0.15, 0.2) is 0 Å². The molecule has 5 nitrogen and oxygen atoms in total. The first-order valence-corrected chi connectivity index (χ1v) is 11.4. The van der Waals surface area contributed by atoms with Crippen molar-refractivity contribution < 1.29 is 17.6 Å². The molecule has 0 saturated heterocycles. The van der Waals surface area contributed by atoms with Crippen molar-refractivity contribution >= 4 is 62.1 Å². The van der Waals surface area contributed by atoms with Crippen LogP contribution in [0.2, 0.25) is 15.1 Å². The third-order valence-electron chi connectivity index (χ3n) is 4.28. The van der Waals surface area contributed by atoms with E-state index < -0.39 is 28.3 Å². The molecule has 0 atom stereocenters. The zero-order chi connectivity index (χ0) is 22.8. The van der Waals surface area contributed by atoms with Crippen LogP contribution in [0.15, 0.2) is 65.6 Å². The van der Waals surface area contributed by atoms with Gasteiger partial charge in [0, 0.05) is 10.7 Å². The molecular formula is C21H16Cl3FN2O3S. The summed E-state index contributed by atoms with van der Waals surface area (Å²) in [5.74, 6) is -1.33. The molecule has 0 aliphatic heterocycles. The van der Waals surface area contributed by atoms with Crippen LogP contribution in [0.25, 0.3) is 0 Å². The second-order valence-corrected chi connectivity index (χ2v) is 9.71. The summed E-state index contributed by atoms with van der Waals surface area (Å²) in [6.07, 6.45) is 0. The van der Waals surface area contributed by atoms with Gasteiger partial charge in [0.25, 0.3) is 10.0 Å². The average molecular weight is 502 g/mol. The molecule has 0 saturated carbocycles. The van der Waals surface area contributed by atoms with E-state index >= 15 is 0 Å². The van der Waals surface area contributed by atoms with Gasteiger partial charge in [-0.2, -0.15) is 0 Å². The second kappa shape index (κ2) is 9.44. The van der Waals surface area contributed by atoms with E-state index in [1.54, 1.807) is 12.1 Å². The van der Waals surface area contributed by atoms with E-state index in [0.29, 0.717) is 0 Å². The van der Waals surface area contributed by atoms with E-state index in [1.807, 2.05) is 6.92 Å². The minimum atomic E-state index is -4.17. The molecule has 1 N–H and O–H groups in total. The molecule has 0 aliphatic carbocycles. The number of aryl methyl sites for hydroxylation is 1. The standard InChI is InChI=1S/C21H16Cl3FN2O3S/c1-13-2-6-16(7-3-13)31(29,30)27(20-10-14(22)4-8-17(20)23)12-21(28)26-15-5-9-19(25)18(24)11-15/h2-11H,12H2,1H3,(H,26,28). The van der Waals surface area contributed by atoms with Crippen LogP contribution >= 0.6 is 34.8 Å². The molecule has 31 heavy (non-hydrogen) atoms. The number of nitrogens with zero attached hydrogens (tertiary/aromatic N) is 1. The highest BCUT2D eigenvalue weighted by molar-refractivity contribution is 7.92. The van der Waals surface area contributed by atoms with Crippen molar-refractivity contribution in [3.8, 4) is 0 Å². The number of carbonyl (C=O) groups is 1. The fraction of sp³-hybridized carbons (Fsp3) is 0.0952. The van der Waals surface area contributed by atoms with E-state index in [2.05, 4.69) is 5.32 Å². The molecule has 3 aromatic rings. The summed E-state index contributed by atoms with van der Waals surface area (Å²) in [6, 6.07) is 14.1. The van der Waals surface area contributed by atoms with Crippen molar-refractivity contribution in [3.05, 3.63) is 87.1 Å². The maximum absolute atomic E-state index is 13.4. The van der Waals surface area contributed by atoms with Crippen LogP contribution in [0, 0.1) is 12.7 Å². The molecular weight excluding hydrogens is 486 g/mol. The Balaban J connectivity index is 1.99. The van der Waals surface area contributed by atoms with Gasteiger partial charge < -0.3 is 5.32 Å². The number of carbonyl (C=O) groups excluding carboxylic acids is 1. The van der Waals surface area contributed by atoms with Gasteiger partial charge in [0.05, 0.1) is 20.6 Å². The van der Waals surface area contributed by atoms with Crippen molar-refractivity contribution in [2.24, 2.45) is 0 Å². The largest absolute Gasteiger partial charge is 0.324 e. The minimum Gasteiger partial charge on any atom is -0.324 e. The summed E-state index contributed by atoms with van der Waals surface area (Å²) in [5.41, 5.74) is 1.13. The van der Waals surface area contributed by atoms with E-state index in [1.165, 1.54) is 42.5 Å². The van der Waals surface area contributed by atoms with Gasteiger partial charge >= 0.3 is 0 Å². The molecule has 0 fully saturated rings. The number of hydrogen-bond donors (Lipinski definition) is 1. The van der Waals surface area contributed by atoms with Gasteiger partial charge in [-0.3, -0.25) is 9.10 Å². The Morgan fingerprint density at radius 3 is 2.29 bits per heavy atom. The van der Waals surface area contributed by atoms with Crippen LogP contribution in [0.3, 0.4) is 0 Å². The van der Waals surface area contributed by atoms with Gasteiger partial charge in [-0.1, -0.05) is 52.5 Å². The Bertz CT molecular complexity index is 1240. The lowest BCUT2D eigenvalue weighted by atomic mass is 10.2. The first-order valence-electron chi connectivity index (χ1n) is 8.87. The van der Waals surface area contributed by atoms with Crippen LogP contribution in [-0.2, 0) is 14.8 Å². The van der Waals surface area contributed by atoms with Gasteiger partial charge in [-0.25, -0.2) is 12.8 Å². The summed E-state index contributed by atoms with van der Waals surface area (Å²) >= 11 is 18.0. The minimum absolute atomic E-state index is 0.0215. The lowest BCUT2D eigenvalue weighted by Crippen LogP contribution is -2.38. The predicted molar refractivity (Wildman–Crippen MR) is 122 cm³/mol. The summed E-state index contributed by atoms with van der Waals surface area (Å²) in [7, 11) is -4.17. The zero-order valence-corrected chi connectivity index (χ0v) is 19.2. The van der Waals surface area contributed by atoms with Crippen LogP contribution in [-0.4, -0.2) is 20.9 Å². The summed E-state index contributed by atoms with van der Waals surface area (Å²) < 4.78 is 41.0. The van der Waals surface area contributed by atoms with Crippen LogP contribution < -0.4 is 9.62 Å². The Morgan fingerprint density at radius 1 is 0.968 bits per heavy atom. The number of amides is 1. The molecule has 0 heterocycles. The van der Waals surface area contributed by atoms with Crippen molar-refractivity contribution in [1.82, 2.24) is 0 Å². The number of rotatable bonds is 6. The fourth-order valence-electron chi connectivity index (χ4n) is 2.72. The van der Waals surface area contributed by atoms with Crippen molar-refractivity contribution in [1.29, 1.82) is 0 Å². The van der Waals surface area contributed by atoms with Crippen molar-refractivity contribution in [2.75, 3.05) is 16.2 Å². The molecule has 10 heteroatoms. The number of anilines is 2. The Kier molecular flexibility index (Phi) is 7.11. The second-order valence-electron chi connectivity index (χ2n) is 6.60. The molecule has 1 amide bonds. The highest BCUT2D eigenvalue weighted by atomic mass is 35.5. The Morgan fingerprint density at radius 2 is 1.65 bits per heavy atom. The maximum atomic E-state index is 13.4. The smallest absolute Gasteiger partial charge is 0.264 e. The number of benzene rings is 3. The predicted octanol–water partition coefficient (Wildman–Crippen LogP) is 5.93. The van der Waals surface area contributed by atoms with E-state index in [4.69, 9.17) is 34.8 Å². The molecule has 0 spiro atoms. The molecule has 3 rings (SSSR count). The first kappa shape index (κ1) is 23.3. The summed E-state index contributed by atoms with van der Waals surface area (Å²) in [4.78, 5) is 12.7. The molecule has 0 unspecified atom stereocenters. The third-order valence-corrected chi connectivity index (χ3v) is 6.89. The maximum Gasteiger partial charge on any atom is 0.264 e. The highest BCUT2D eigenvalue weighted by Gasteiger charge is 2.29. The fourth-order valence-corrected chi connectivity index (χ4v) is 4.77. The number of hydrogen-bond acceptors (Lipinski definition) is 3. The van der Waals surface area contributed by atoms with E-state index in [-0.39, 0.29) is 31.3 Å². The van der Waals surface area contributed by atoms with Gasteiger partial charge in [-0.15, -0.1) is 0 Å². The quantitative estimate of drug-likeness (QED) is 0.455. The van der Waals surface area contributed by atoms with Crippen molar-refractivity contribution in [3.63, 3.8) is 0 Å². The third kappa shape index (κ3) is 5.49. The van der Waals surface area contributed by atoms with Crippen LogP contribution in [0.1, 0.15) is 5.56 Å². The highest BCUT2D eigenvalue weighted by Crippen LogP contribution is 2.33. The van der Waals surface area contributed by atoms with Gasteiger partial charge in [0.2, 0.25) is 5.91 Å². The Hall–Kier alpha value is -2.32. The molecule has 0 radical (unpaired) electrons. The normalized spacial score (nSPS) is 11.3. The lowest BCUT2D eigenvalue weighted by molar-refractivity contribution is -0.114. The van der Waals surface area contributed by atoms with Gasteiger partial charge in [0.1, 0.15) is 12.4 Å². The van der Waals surface area contributed by atoms with Crippen molar-refractivity contribution in [2.45, 2.75) is 11.8 Å². The van der Waals surface area contributed by atoms with E-state index in [9.17, 15) is 17.6 Å².